The molecule has 0 bridgehead atoms. The van der Waals surface area contributed by atoms with Crippen LogP contribution in [0.4, 0.5) is 11.4 Å². The molecule has 1 amide bonds. The Labute approximate surface area is 105 Å². The molecule has 2 aliphatic heterocycles. The fraction of sp³-hybridized carbons (Fsp3) is 0.417. The van der Waals surface area contributed by atoms with Gasteiger partial charge >= 0.3 is 0 Å². The summed E-state index contributed by atoms with van der Waals surface area (Å²) in [7, 11) is 0. The van der Waals surface area contributed by atoms with E-state index in [4.69, 9.17) is 5.73 Å². The van der Waals surface area contributed by atoms with Gasteiger partial charge < -0.3 is 11.1 Å². The zero-order valence-corrected chi connectivity index (χ0v) is 10.3. The molecule has 0 saturated carbocycles. The quantitative estimate of drug-likeness (QED) is 0.733. The molecule has 2 aliphatic rings. The molecular formula is C12H15N3OS. The third-order valence-corrected chi connectivity index (χ3v) is 4.38. The third-order valence-electron chi connectivity index (χ3n) is 3.39. The SMILES string of the molecule is Nc1cccc2c1CC(N1CCSC1)C(=O)N2. The lowest BCUT2D eigenvalue weighted by Crippen LogP contribution is -2.46. The van der Waals surface area contributed by atoms with E-state index in [1.54, 1.807) is 0 Å². The Morgan fingerprint density at radius 3 is 3.12 bits per heavy atom. The van der Waals surface area contributed by atoms with Crippen LogP contribution in [-0.4, -0.2) is 35.0 Å². The third kappa shape index (κ3) is 1.89. The van der Waals surface area contributed by atoms with E-state index in [2.05, 4.69) is 10.2 Å². The number of nitrogen functional groups attached to an aromatic ring is 1. The zero-order valence-electron chi connectivity index (χ0n) is 9.48. The van der Waals surface area contributed by atoms with Gasteiger partial charge in [0.15, 0.2) is 0 Å². The molecule has 4 nitrogen and oxygen atoms in total. The molecule has 0 aliphatic carbocycles. The van der Waals surface area contributed by atoms with Gasteiger partial charge in [0.1, 0.15) is 0 Å². The van der Waals surface area contributed by atoms with Crippen LogP contribution in [0.2, 0.25) is 0 Å². The number of hydrogen-bond donors (Lipinski definition) is 2. The average molecular weight is 249 g/mol. The maximum Gasteiger partial charge on any atom is 0.242 e. The van der Waals surface area contributed by atoms with Gasteiger partial charge in [0.25, 0.3) is 0 Å². The van der Waals surface area contributed by atoms with Gasteiger partial charge in [0.05, 0.1) is 6.04 Å². The monoisotopic (exact) mass is 249 g/mol. The summed E-state index contributed by atoms with van der Waals surface area (Å²) in [6, 6.07) is 5.63. The second-order valence-electron chi connectivity index (χ2n) is 4.43. The van der Waals surface area contributed by atoms with E-state index >= 15 is 0 Å². The van der Waals surface area contributed by atoms with Crippen molar-refractivity contribution in [1.82, 2.24) is 4.90 Å². The average Bonchev–Trinajstić information content (AvgIpc) is 2.82. The standard InChI is InChI=1S/C12H15N3OS/c13-9-2-1-3-10-8(9)6-11(12(16)14-10)15-4-5-17-7-15/h1-3,11H,4-7,13H2,(H,14,16). The van der Waals surface area contributed by atoms with Gasteiger partial charge in [-0.05, 0) is 12.1 Å². The van der Waals surface area contributed by atoms with Crippen molar-refractivity contribution in [3.8, 4) is 0 Å². The summed E-state index contributed by atoms with van der Waals surface area (Å²) in [5.41, 5.74) is 8.70. The van der Waals surface area contributed by atoms with E-state index in [0.717, 1.165) is 41.5 Å². The van der Waals surface area contributed by atoms with E-state index in [1.807, 2.05) is 30.0 Å². The van der Waals surface area contributed by atoms with Gasteiger partial charge in [-0.3, -0.25) is 9.69 Å². The molecule has 1 atom stereocenters. The summed E-state index contributed by atoms with van der Waals surface area (Å²) in [5.74, 6) is 2.16. The summed E-state index contributed by atoms with van der Waals surface area (Å²) in [6.45, 7) is 0.991. The fourth-order valence-corrected chi connectivity index (χ4v) is 3.46. The Morgan fingerprint density at radius 1 is 1.47 bits per heavy atom. The lowest BCUT2D eigenvalue weighted by atomic mass is 9.96. The van der Waals surface area contributed by atoms with Crippen molar-refractivity contribution in [2.45, 2.75) is 12.5 Å². The predicted molar refractivity (Wildman–Crippen MR) is 71.0 cm³/mol. The van der Waals surface area contributed by atoms with Crippen LogP contribution in [0.1, 0.15) is 5.56 Å². The van der Waals surface area contributed by atoms with Gasteiger partial charge in [-0.25, -0.2) is 0 Å². The van der Waals surface area contributed by atoms with Crippen molar-refractivity contribution >= 4 is 29.0 Å². The van der Waals surface area contributed by atoms with Crippen LogP contribution in [0.15, 0.2) is 18.2 Å². The Hall–Kier alpha value is -1.20. The molecule has 1 saturated heterocycles. The molecule has 3 N–H and O–H groups in total. The Morgan fingerprint density at radius 2 is 2.35 bits per heavy atom. The maximum absolute atomic E-state index is 12.1. The molecule has 17 heavy (non-hydrogen) atoms. The first-order valence-corrected chi connectivity index (χ1v) is 6.91. The van der Waals surface area contributed by atoms with Gasteiger partial charge in [0.2, 0.25) is 5.91 Å². The van der Waals surface area contributed by atoms with E-state index < -0.39 is 0 Å². The number of nitrogens with one attached hydrogen (secondary N) is 1. The molecule has 1 unspecified atom stereocenters. The van der Waals surface area contributed by atoms with Crippen molar-refractivity contribution < 1.29 is 4.79 Å². The number of nitrogens with zero attached hydrogens (tertiary/aromatic N) is 1. The second kappa shape index (κ2) is 4.23. The first-order valence-electron chi connectivity index (χ1n) is 5.76. The highest BCUT2D eigenvalue weighted by Gasteiger charge is 2.33. The molecule has 5 heteroatoms. The van der Waals surface area contributed by atoms with Crippen LogP contribution >= 0.6 is 11.8 Å². The number of carbonyl (C=O) groups is 1. The summed E-state index contributed by atoms with van der Waals surface area (Å²) in [5, 5.41) is 2.96. The normalized spacial score (nSPS) is 24.5. The minimum atomic E-state index is -0.0535. The predicted octanol–water partition coefficient (Wildman–Crippen LogP) is 1.14. The number of nitrogens with two attached hydrogens (primary N) is 1. The summed E-state index contributed by atoms with van der Waals surface area (Å²) in [4.78, 5) is 14.3. The molecule has 2 heterocycles. The minimum absolute atomic E-state index is 0.0535. The van der Waals surface area contributed by atoms with E-state index in [-0.39, 0.29) is 11.9 Å². The molecule has 0 spiro atoms. The smallest absolute Gasteiger partial charge is 0.242 e. The number of fused-ring (bicyclic) bond motifs is 1. The number of carbonyl (C=O) groups excluding carboxylic acids is 1. The highest BCUT2D eigenvalue weighted by molar-refractivity contribution is 7.99. The van der Waals surface area contributed by atoms with Crippen LogP contribution in [-0.2, 0) is 11.2 Å². The minimum Gasteiger partial charge on any atom is -0.398 e. The van der Waals surface area contributed by atoms with Crippen molar-refractivity contribution in [3.63, 3.8) is 0 Å². The summed E-state index contributed by atoms with van der Waals surface area (Å²) < 4.78 is 0. The number of hydrogen-bond acceptors (Lipinski definition) is 4. The van der Waals surface area contributed by atoms with E-state index in [1.165, 1.54) is 0 Å². The van der Waals surface area contributed by atoms with Crippen LogP contribution in [0.25, 0.3) is 0 Å². The van der Waals surface area contributed by atoms with Gasteiger partial charge in [0, 0.05) is 41.5 Å². The Bertz CT molecular complexity index is 457. The zero-order chi connectivity index (χ0) is 11.8. The maximum atomic E-state index is 12.1. The van der Waals surface area contributed by atoms with Crippen molar-refractivity contribution in [1.29, 1.82) is 0 Å². The number of benzene rings is 1. The molecule has 1 aromatic carbocycles. The number of rotatable bonds is 1. The highest BCUT2D eigenvalue weighted by atomic mass is 32.2. The molecule has 90 valence electrons. The molecule has 0 radical (unpaired) electrons. The molecular weight excluding hydrogens is 234 g/mol. The summed E-state index contributed by atoms with van der Waals surface area (Å²) in [6.07, 6.45) is 0.731. The molecule has 0 aromatic heterocycles. The number of thioether (sulfide) groups is 1. The van der Waals surface area contributed by atoms with Crippen LogP contribution < -0.4 is 11.1 Å². The lowest BCUT2D eigenvalue weighted by molar-refractivity contribution is -0.121. The van der Waals surface area contributed by atoms with Gasteiger partial charge in [-0.1, -0.05) is 6.07 Å². The van der Waals surface area contributed by atoms with Crippen molar-refractivity contribution in [3.05, 3.63) is 23.8 Å². The lowest BCUT2D eigenvalue weighted by Gasteiger charge is -2.31. The van der Waals surface area contributed by atoms with Crippen molar-refractivity contribution in [2.75, 3.05) is 29.2 Å². The van der Waals surface area contributed by atoms with Crippen LogP contribution in [0.3, 0.4) is 0 Å². The summed E-state index contributed by atoms with van der Waals surface area (Å²) >= 11 is 1.88. The Balaban J connectivity index is 1.91. The highest BCUT2D eigenvalue weighted by Crippen LogP contribution is 2.30. The van der Waals surface area contributed by atoms with Crippen LogP contribution in [0, 0.1) is 0 Å². The number of amides is 1. The van der Waals surface area contributed by atoms with E-state index in [9.17, 15) is 4.79 Å². The van der Waals surface area contributed by atoms with E-state index in [0.29, 0.717) is 0 Å². The van der Waals surface area contributed by atoms with Gasteiger partial charge in [-0.2, -0.15) is 0 Å². The largest absolute Gasteiger partial charge is 0.398 e. The van der Waals surface area contributed by atoms with Gasteiger partial charge in [-0.15, -0.1) is 11.8 Å². The van der Waals surface area contributed by atoms with Crippen molar-refractivity contribution in [2.24, 2.45) is 0 Å². The topological polar surface area (TPSA) is 58.4 Å². The molecule has 1 aromatic rings. The molecule has 3 rings (SSSR count). The Kier molecular flexibility index (Phi) is 2.72. The fourth-order valence-electron chi connectivity index (χ4n) is 2.42. The first-order chi connectivity index (χ1) is 8.25. The van der Waals surface area contributed by atoms with Crippen LogP contribution in [0.5, 0.6) is 0 Å². The molecule has 1 fully saturated rings. The first kappa shape index (κ1) is 10.9. The number of anilines is 2. The second-order valence-corrected chi connectivity index (χ2v) is 5.51.